The topological polar surface area (TPSA) is 66.5 Å². The SMILES string of the molecule is O=C(NCCCN1CCCCS1(=O)=O)c1ccc(Cl)cc1. The fourth-order valence-corrected chi connectivity index (χ4v) is 4.02. The average Bonchev–Trinajstić information content (AvgIpc) is 2.45. The van der Waals surface area contributed by atoms with Crippen LogP contribution >= 0.6 is 11.6 Å². The van der Waals surface area contributed by atoms with Crippen LogP contribution in [-0.2, 0) is 10.0 Å². The number of amides is 1. The van der Waals surface area contributed by atoms with Gasteiger partial charge in [0, 0.05) is 30.2 Å². The van der Waals surface area contributed by atoms with Crippen molar-refractivity contribution < 1.29 is 13.2 Å². The Kier molecular flexibility index (Phi) is 5.61. The third-order valence-corrected chi connectivity index (χ3v) is 5.64. The van der Waals surface area contributed by atoms with Crippen LogP contribution in [0.25, 0.3) is 0 Å². The van der Waals surface area contributed by atoms with E-state index < -0.39 is 10.0 Å². The molecular weight excluding hydrogens is 312 g/mol. The summed E-state index contributed by atoms with van der Waals surface area (Å²) in [5.41, 5.74) is 0.546. The highest BCUT2D eigenvalue weighted by atomic mass is 35.5. The number of carbonyl (C=O) groups excluding carboxylic acids is 1. The molecule has 1 aliphatic heterocycles. The van der Waals surface area contributed by atoms with E-state index in [-0.39, 0.29) is 11.7 Å². The predicted molar refractivity (Wildman–Crippen MR) is 83.0 cm³/mol. The van der Waals surface area contributed by atoms with Gasteiger partial charge in [-0.3, -0.25) is 4.79 Å². The summed E-state index contributed by atoms with van der Waals surface area (Å²) < 4.78 is 25.1. The van der Waals surface area contributed by atoms with E-state index in [1.807, 2.05) is 0 Å². The van der Waals surface area contributed by atoms with Crippen molar-refractivity contribution in [1.82, 2.24) is 9.62 Å². The van der Waals surface area contributed by atoms with Crippen LogP contribution in [0.4, 0.5) is 0 Å². The van der Waals surface area contributed by atoms with Gasteiger partial charge in [0.15, 0.2) is 0 Å². The number of hydrogen-bond acceptors (Lipinski definition) is 3. The van der Waals surface area contributed by atoms with Gasteiger partial charge < -0.3 is 5.32 Å². The van der Waals surface area contributed by atoms with Gasteiger partial charge in [0.25, 0.3) is 5.91 Å². The Hall–Kier alpha value is -1.11. The van der Waals surface area contributed by atoms with E-state index >= 15 is 0 Å². The third kappa shape index (κ3) is 4.69. The molecule has 1 aromatic rings. The molecule has 0 saturated carbocycles. The highest BCUT2D eigenvalue weighted by Crippen LogP contribution is 2.13. The maximum atomic E-state index is 11.8. The van der Waals surface area contributed by atoms with Gasteiger partial charge in [-0.15, -0.1) is 0 Å². The van der Waals surface area contributed by atoms with Crippen molar-refractivity contribution >= 4 is 27.5 Å². The zero-order valence-electron chi connectivity index (χ0n) is 11.7. The van der Waals surface area contributed by atoms with Crippen molar-refractivity contribution in [2.45, 2.75) is 19.3 Å². The minimum atomic E-state index is -3.08. The van der Waals surface area contributed by atoms with Crippen LogP contribution in [0.2, 0.25) is 5.02 Å². The molecule has 0 aromatic heterocycles. The first-order valence-electron chi connectivity index (χ1n) is 7.01. The number of sulfonamides is 1. The molecule has 1 aliphatic rings. The molecule has 5 nitrogen and oxygen atoms in total. The van der Waals surface area contributed by atoms with Crippen LogP contribution < -0.4 is 5.32 Å². The Morgan fingerprint density at radius 1 is 1.24 bits per heavy atom. The minimum absolute atomic E-state index is 0.173. The van der Waals surface area contributed by atoms with E-state index in [0.29, 0.717) is 36.6 Å². The molecule has 0 aliphatic carbocycles. The maximum Gasteiger partial charge on any atom is 0.251 e. The third-order valence-electron chi connectivity index (χ3n) is 3.43. The minimum Gasteiger partial charge on any atom is -0.352 e. The molecule has 0 radical (unpaired) electrons. The van der Waals surface area contributed by atoms with E-state index in [0.717, 1.165) is 12.8 Å². The van der Waals surface area contributed by atoms with Gasteiger partial charge in [-0.25, -0.2) is 12.7 Å². The zero-order chi connectivity index (χ0) is 15.3. The Balaban J connectivity index is 1.74. The van der Waals surface area contributed by atoms with Gasteiger partial charge in [0.05, 0.1) is 5.75 Å². The number of carbonyl (C=O) groups is 1. The first kappa shape index (κ1) is 16.3. The molecule has 7 heteroatoms. The summed E-state index contributed by atoms with van der Waals surface area (Å²) in [6.45, 7) is 1.50. The molecule has 0 spiro atoms. The molecule has 1 amide bonds. The fourth-order valence-electron chi connectivity index (χ4n) is 2.25. The monoisotopic (exact) mass is 330 g/mol. The van der Waals surface area contributed by atoms with Crippen LogP contribution in [0, 0.1) is 0 Å². The summed E-state index contributed by atoms with van der Waals surface area (Å²) in [5.74, 6) is 0.0672. The van der Waals surface area contributed by atoms with E-state index in [9.17, 15) is 13.2 Å². The highest BCUT2D eigenvalue weighted by Gasteiger charge is 2.24. The molecule has 1 heterocycles. The highest BCUT2D eigenvalue weighted by molar-refractivity contribution is 7.89. The molecule has 1 aromatic carbocycles. The Morgan fingerprint density at radius 3 is 2.62 bits per heavy atom. The first-order chi connectivity index (χ1) is 9.99. The van der Waals surface area contributed by atoms with E-state index in [4.69, 9.17) is 11.6 Å². The van der Waals surface area contributed by atoms with E-state index in [1.54, 1.807) is 24.3 Å². The van der Waals surface area contributed by atoms with Gasteiger partial charge in [-0.05, 0) is 43.5 Å². The number of benzene rings is 1. The molecule has 1 saturated heterocycles. The van der Waals surface area contributed by atoms with E-state index in [2.05, 4.69) is 5.32 Å². The molecule has 21 heavy (non-hydrogen) atoms. The van der Waals surface area contributed by atoms with Crippen LogP contribution in [0.15, 0.2) is 24.3 Å². The lowest BCUT2D eigenvalue weighted by molar-refractivity contribution is 0.0952. The summed E-state index contributed by atoms with van der Waals surface area (Å²) in [4.78, 5) is 11.8. The fraction of sp³-hybridized carbons (Fsp3) is 0.500. The van der Waals surface area contributed by atoms with Crippen LogP contribution in [0.5, 0.6) is 0 Å². The van der Waals surface area contributed by atoms with E-state index in [1.165, 1.54) is 4.31 Å². The predicted octanol–water partition coefficient (Wildman–Crippen LogP) is 1.89. The van der Waals surface area contributed by atoms with Gasteiger partial charge >= 0.3 is 0 Å². The molecule has 1 N–H and O–H groups in total. The summed E-state index contributed by atoms with van der Waals surface area (Å²) in [6, 6.07) is 6.65. The van der Waals surface area contributed by atoms with Crippen molar-refractivity contribution in [1.29, 1.82) is 0 Å². The molecule has 0 unspecified atom stereocenters. The van der Waals surface area contributed by atoms with Gasteiger partial charge in [0.2, 0.25) is 10.0 Å². The second-order valence-corrected chi connectivity index (χ2v) is 7.56. The molecule has 0 atom stereocenters. The zero-order valence-corrected chi connectivity index (χ0v) is 13.3. The average molecular weight is 331 g/mol. The van der Waals surface area contributed by atoms with Gasteiger partial charge in [-0.2, -0.15) is 0 Å². The summed E-state index contributed by atoms with van der Waals surface area (Å²) >= 11 is 5.76. The van der Waals surface area contributed by atoms with Crippen molar-refractivity contribution in [2.75, 3.05) is 25.4 Å². The van der Waals surface area contributed by atoms with Gasteiger partial charge in [0.1, 0.15) is 0 Å². The Labute approximate surface area is 130 Å². The second kappa shape index (κ2) is 7.24. The number of halogens is 1. The number of nitrogens with zero attached hydrogens (tertiary/aromatic N) is 1. The summed E-state index contributed by atoms with van der Waals surface area (Å²) in [6.07, 6.45) is 2.26. The molecule has 116 valence electrons. The number of rotatable bonds is 5. The smallest absolute Gasteiger partial charge is 0.251 e. The largest absolute Gasteiger partial charge is 0.352 e. The lowest BCUT2D eigenvalue weighted by Gasteiger charge is -2.26. The van der Waals surface area contributed by atoms with Crippen LogP contribution in [0.1, 0.15) is 29.6 Å². The lowest BCUT2D eigenvalue weighted by Crippen LogP contribution is -2.39. The molecular formula is C14H19ClN2O3S. The quantitative estimate of drug-likeness (QED) is 0.838. The summed E-state index contributed by atoms with van der Waals surface area (Å²) in [5, 5.41) is 3.37. The Morgan fingerprint density at radius 2 is 1.95 bits per heavy atom. The van der Waals surface area contributed by atoms with Gasteiger partial charge in [-0.1, -0.05) is 11.6 Å². The maximum absolute atomic E-state index is 11.8. The normalized spacial score (nSPS) is 18.3. The number of hydrogen-bond donors (Lipinski definition) is 1. The van der Waals surface area contributed by atoms with Crippen LogP contribution in [-0.4, -0.2) is 44.0 Å². The van der Waals surface area contributed by atoms with Crippen LogP contribution in [0.3, 0.4) is 0 Å². The summed E-state index contributed by atoms with van der Waals surface area (Å²) in [7, 11) is -3.08. The Bertz CT molecular complexity index is 587. The molecule has 1 fully saturated rings. The van der Waals surface area contributed by atoms with Crippen molar-refractivity contribution in [3.63, 3.8) is 0 Å². The number of nitrogens with one attached hydrogen (secondary N) is 1. The standard InChI is InChI=1S/C14H19ClN2O3S/c15-13-6-4-12(5-7-13)14(18)16-8-3-10-17-9-1-2-11-21(17,19)20/h4-7H,1-3,8-11H2,(H,16,18). The van der Waals surface area contributed by atoms with Crippen molar-refractivity contribution in [3.05, 3.63) is 34.9 Å². The lowest BCUT2D eigenvalue weighted by atomic mass is 10.2. The first-order valence-corrected chi connectivity index (χ1v) is 8.99. The second-order valence-electron chi connectivity index (χ2n) is 5.04. The van der Waals surface area contributed by atoms with Crippen molar-refractivity contribution in [2.24, 2.45) is 0 Å². The molecule has 2 rings (SSSR count). The molecule has 0 bridgehead atoms. The van der Waals surface area contributed by atoms with Crippen molar-refractivity contribution in [3.8, 4) is 0 Å².